The van der Waals surface area contributed by atoms with Crippen LogP contribution in [-0.4, -0.2) is 39.4 Å². The van der Waals surface area contributed by atoms with Crippen LogP contribution in [0.5, 0.6) is 0 Å². The summed E-state index contributed by atoms with van der Waals surface area (Å²) in [5.41, 5.74) is 1.78. The number of nitrogens with zero attached hydrogens (tertiary/aromatic N) is 3. The number of anilines is 1. The van der Waals surface area contributed by atoms with Gasteiger partial charge in [0.25, 0.3) is 11.8 Å². The second-order valence-corrected chi connectivity index (χ2v) is 7.15. The van der Waals surface area contributed by atoms with E-state index in [1.165, 1.54) is 24.3 Å². The first-order valence-corrected chi connectivity index (χ1v) is 9.59. The summed E-state index contributed by atoms with van der Waals surface area (Å²) in [6, 6.07) is 5.60. The Balaban J connectivity index is 1.62. The number of amides is 2. The topological polar surface area (TPSA) is 67.2 Å². The van der Waals surface area contributed by atoms with Crippen molar-refractivity contribution in [3.8, 4) is 0 Å². The van der Waals surface area contributed by atoms with Gasteiger partial charge >= 0.3 is 0 Å². The van der Waals surface area contributed by atoms with E-state index in [-0.39, 0.29) is 23.5 Å². The Labute approximate surface area is 157 Å². The molecule has 4 rings (SSSR count). The number of hydrogen-bond donors (Lipinski definition) is 1. The fourth-order valence-electron chi connectivity index (χ4n) is 3.85. The number of aromatic nitrogens is 2. The molecule has 2 aliphatic rings. The summed E-state index contributed by atoms with van der Waals surface area (Å²) in [5, 5.41) is 2.75. The second kappa shape index (κ2) is 7.50. The zero-order valence-electron chi connectivity index (χ0n) is 15.2. The third-order valence-corrected chi connectivity index (χ3v) is 5.27. The molecular formula is C20H23FN4O2. The molecule has 0 atom stereocenters. The number of rotatable bonds is 3. The highest BCUT2D eigenvalue weighted by Crippen LogP contribution is 2.24. The van der Waals surface area contributed by atoms with Crippen LogP contribution in [0.3, 0.4) is 0 Å². The van der Waals surface area contributed by atoms with Gasteiger partial charge in [0.15, 0.2) is 5.82 Å². The maximum Gasteiger partial charge on any atom is 0.291 e. The number of benzene rings is 1. The highest BCUT2D eigenvalue weighted by Gasteiger charge is 2.30. The minimum atomic E-state index is -0.373. The summed E-state index contributed by atoms with van der Waals surface area (Å²) in [6.07, 6.45) is 5.88. The lowest BCUT2D eigenvalue weighted by Crippen LogP contribution is -2.36. The van der Waals surface area contributed by atoms with Crippen LogP contribution in [0.25, 0.3) is 0 Å². The van der Waals surface area contributed by atoms with Crippen molar-refractivity contribution in [1.82, 2.24) is 14.5 Å². The summed E-state index contributed by atoms with van der Waals surface area (Å²) in [6.45, 7) is 2.19. The molecule has 1 N–H and O–H groups in total. The molecule has 3 heterocycles. The molecule has 6 nitrogen and oxygen atoms in total. The normalized spacial score (nSPS) is 16.7. The van der Waals surface area contributed by atoms with Crippen LogP contribution in [0.15, 0.2) is 24.3 Å². The molecule has 0 unspecified atom stereocenters. The molecule has 1 aromatic carbocycles. The van der Waals surface area contributed by atoms with Gasteiger partial charge in [-0.05, 0) is 62.8 Å². The van der Waals surface area contributed by atoms with Crippen molar-refractivity contribution in [2.45, 2.75) is 45.1 Å². The highest BCUT2D eigenvalue weighted by molar-refractivity contribution is 6.03. The van der Waals surface area contributed by atoms with Gasteiger partial charge in [-0.1, -0.05) is 0 Å². The van der Waals surface area contributed by atoms with Gasteiger partial charge in [-0.25, -0.2) is 9.37 Å². The van der Waals surface area contributed by atoms with Gasteiger partial charge in [0.1, 0.15) is 11.5 Å². The minimum absolute atomic E-state index is 0.0683. The Kier molecular flexibility index (Phi) is 4.92. The maximum absolute atomic E-state index is 13.1. The fourth-order valence-corrected chi connectivity index (χ4v) is 3.85. The van der Waals surface area contributed by atoms with E-state index in [1.807, 2.05) is 9.47 Å². The van der Waals surface area contributed by atoms with Crippen molar-refractivity contribution in [1.29, 1.82) is 0 Å². The van der Waals surface area contributed by atoms with E-state index in [9.17, 15) is 14.0 Å². The quantitative estimate of drug-likeness (QED) is 0.902. The van der Waals surface area contributed by atoms with E-state index in [0.717, 1.165) is 57.3 Å². The second-order valence-electron chi connectivity index (χ2n) is 7.15. The van der Waals surface area contributed by atoms with Crippen LogP contribution < -0.4 is 5.32 Å². The molecule has 0 bridgehead atoms. The number of halogens is 1. The molecular weight excluding hydrogens is 347 g/mol. The molecule has 0 aliphatic carbocycles. The highest BCUT2D eigenvalue weighted by atomic mass is 19.1. The van der Waals surface area contributed by atoms with Crippen LogP contribution in [0.1, 0.15) is 58.9 Å². The van der Waals surface area contributed by atoms with Crippen LogP contribution in [0.4, 0.5) is 10.1 Å². The monoisotopic (exact) mass is 370 g/mol. The minimum Gasteiger partial charge on any atom is -0.337 e. The van der Waals surface area contributed by atoms with Crippen molar-refractivity contribution >= 4 is 17.5 Å². The molecule has 142 valence electrons. The van der Waals surface area contributed by atoms with Crippen LogP contribution in [0.2, 0.25) is 0 Å². The van der Waals surface area contributed by atoms with Gasteiger partial charge in [0.2, 0.25) is 0 Å². The van der Waals surface area contributed by atoms with Crippen molar-refractivity contribution in [3.63, 3.8) is 0 Å². The lowest BCUT2D eigenvalue weighted by atomic mass is 10.1. The molecule has 1 saturated heterocycles. The van der Waals surface area contributed by atoms with Crippen molar-refractivity contribution in [2.24, 2.45) is 0 Å². The number of carbonyl (C=O) groups is 2. The van der Waals surface area contributed by atoms with E-state index in [4.69, 9.17) is 0 Å². The SMILES string of the molecule is O=C(Nc1ccc(F)cc1)c1nc(C(=O)N2CCCCC2)c2n1CCCC2. The largest absolute Gasteiger partial charge is 0.337 e. The van der Waals surface area contributed by atoms with E-state index >= 15 is 0 Å². The number of imidazole rings is 1. The van der Waals surface area contributed by atoms with Gasteiger partial charge in [-0.2, -0.15) is 0 Å². The van der Waals surface area contributed by atoms with E-state index in [2.05, 4.69) is 10.3 Å². The molecule has 1 aromatic heterocycles. The van der Waals surface area contributed by atoms with Gasteiger partial charge in [0, 0.05) is 25.3 Å². The molecule has 2 aliphatic heterocycles. The number of nitrogens with one attached hydrogen (secondary N) is 1. The lowest BCUT2D eigenvalue weighted by Gasteiger charge is -2.26. The number of likely N-dealkylation sites (tertiary alicyclic amines) is 1. The molecule has 0 spiro atoms. The first kappa shape index (κ1) is 17.7. The van der Waals surface area contributed by atoms with Crippen molar-refractivity contribution < 1.29 is 14.0 Å². The Hall–Kier alpha value is -2.70. The van der Waals surface area contributed by atoms with Gasteiger partial charge in [-0.15, -0.1) is 0 Å². The van der Waals surface area contributed by atoms with Crippen LogP contribution in [-0.2, 0) is 13.0 Å². The van der Waals surface area contributed by atoms with E-state index in [0.29, 0.717) is 17.9 Å². The zero-order valence-corrected chi connectivity index (χ0v) is 15.2. The average Bonchev–Trinajstić information content (AvgIpc) is 3.10. The van der Waals surface area contributed by atoms with Crippen molar-refractivity contribution in [2.75, 3.05) is 18.4 Å². The average molecular weight is 370 g/mol. The summed E-state index contributed by atoms with van der Waals surface area (Å²) in [4.78, 5) is 32.1. The van der Waals surface area contributed by atoms with E-state index < -0.39 is 0 Å². The predicted octanol–water partition coefficient (Wildman–Crippen LogP) is 3.24. The predicted molar refractivity (Wildman–Crippen MR) is 99.3 cm³/mol. The summed E-state index contributed by atoms with van der Waals surface area (Å²) in [7, 11) is 0. The summed E-state index contributed by atoms with van der Waals surface area (Å²) < 4.78 is 14.9. The molecule has 27 heavy (non-hydrogen) atoms. The van der Waals surface area contributed by atoms with Crippen LogP contribution in [0, 0.1) is 5.82 Å². The number of hydrogen-bond acceptors (Lipinski definition) is 3. The van der Waals surface area contributed by atoms with E-state index in [1.54, 1.807) is 0 Å². The summed E-state index contributed by atoms with van der Waals surface area (Å²) in [5.74, 6) is -0.543. The molecule has 2 aromatic rings. The smallest absolute Gasteiger partial charge is 0.291 e. The summed E-state index contributed by atoms with van der Waals surface area (Å²) >= 11 is 0. The third-order valence-electron chi connectivity index (χ3n) is 5.27. The molecule has 0 saturated carbocycles. The Morgan fingerprint density at radius 2 is 1.67 bits per heavy atom. The third kappa shape index (κ3) is 3.59. The number of piperidine rings is 1. The zero-order chi connectivity index (χ0) is 18.8. The van der Waals surface area contributed by atoms with Gasteiger partial charge in [-0.3, -0.25) is 9.59 Å². The Bertz CT molecular complexity index is 854. The molecule has 7 heteroatoms. The first-order valence-electron chi connectivity index (χ1n) is 9.59. The first-order chi connectivity index (χ1) is 13.1. The standard InChI is InChI=1S/C20H23FN4O2/c21-14-7-9-15(10-8-14)22-19(26)18-23-17(16-6-2-5-13-25(16)18)20(27)24-11-3-1-4-12-24/h7-10H,1-6,11-13H2,(H,22,26). The number of carbonyl (C=O) groups excluding carboxylic acids is 2. The Morgan fingerprint density at radius 3 is 2.41 bits per heavy atom. The van der Waals surface area contributed by atoms with Crippen molar-refractivity contribution in [3.05, 3.63) is 47.3 Å². The lowest BCUT2D eigenvalue weighted by molar-refractivity contribution is 0.0717. The molecule has 1 fully saturated rings. The number of fused-ring (bicyclic) bond motifs is 1. The van der Waals surface area contributed by atoms with Gasteiger partial charge in [0.05, 0.1) is 5.69 Å². The Morgan fingerprint density at radius 1 is 0.963 bits per heavy atom. The fraction of sp³-hybridized carbons (Fsp3) is 0.450. The van der Waals surface area contributed by atoms with Gasteiger partial charge < -0.3 is 14.8 Å². The molecule has 2 amide bonds. The molecule has 0 radical (unpaired) electrons. The maximum atomic E-state index is 13.1. The van der Waals surface area contributed by atoms with Crippen LogP contribution >= 0.6 is 0 Å².